The van der Waals surface area contributed by atoms with Crippen molar-refractivity contribution in [3.63, 3.8) is 0 Å². The molecule has 0 amide bonds. The summed E-state index contributed by atoms with van der Waals surface area (Å²) >= 11 is 0. The monoisotopic (exact) mass is 223 g/mol. The molecule has 1 unspecified atom stereocenters. The van der Waals surface area contributed by atoms with Gasteiger partial charge < -0.3 is 5.11 Å². The van der Waals surface area contributed by atoms with Crippen molar-refractivity contribution in [1.82, 2.24) is 14.8 Å². The summed E-state index contributed by atoms with van der Waals surface area (Å²) in [6.45, 7) is 5.20. The first kappa shape index (κ1) is 11.6. The number of hydrogen-bond acceptors (Lipinski definition) is 3. The van der Waals surface area contributed by atoms with Gasteiger partial charge in [-0.2, -0.15) is 5.10 Å². The molecule has 0 spiro atoms. The van der Waals surface area contributed by atoms with Gasteiger partial charge in [-0.1, -0.05) is 20.3 Å². The fraction of sp³-hybridized carbons (Fsp3) is 0.833. The van der Waals surface area contributed by atoms with Crippen molar-refractivity contribution in [3.8, 4) is 0 Å². The zero-order chi connectivity index (χ0) is 11.5. The summed E-state index contributed by atoms with van der Waals surface area (Å²) in [7, 11) is 0. The lowest BCUT2D eigenvalue weighted by Gasteiger charge is -2.30. The minimum atomic E-state index is -0.233. The zero-order valence-corrected chi connectivity index (χ0v) is 10.1. The van der Waals surface area contributed by atoms with Gasteiger partial charge in [-0.25, -0.2) is 9.67 Å². The number of aliphatic hydroxyl groups is 1. The Bertz CT molecular complexity index is 331. The summed E-state index contributed by atoms with van der Waals surface area (Å²) in [6, 6.07) is 0. The molecule has 0 aliphatic heterocycles. The van der Waals surface area contributed by atoms with Crippen LogP contribution in [0.1, 0.15) is 38.9 Å². The van der Waals surface area contributed by atoms with Crippen molar-refractivity contribution in [3.05, 3.63) is 12.2 Å². The average molecular weight is 223 g/mol. The van der Waals surface area contributed by atoms with E-state index in [0.29, 0.717) is 18.3 Å². The second-order valence-electron chi connectivity index (χ2n) is 5.21. The molecule has 0 saturated heterocycles. The van der Waals surface area contributed by atoms with Crippen molar-refractivity contribution in [1.29, 1.82) is 0 Å². The summed E-state index contributed by atoms with van der Waals surface area (Å²) in [5, 5.41) is 14.2. The fourth-order valence-corrected chi connectivity index (χ4v) is 2.12. The minimum Gasteiger partial charge on any atom is -0.392 e. The van der Waals surface area contributed by atoms with Gasteiger partial charge in [0.15, 0.2) is 0 Å². The Morgan fingerprint density at radius 3 is 2.81 bits per heavy atom. The number of nitrogens with zero attached hydrogens (tertiary/aromatic N) is 3. The Kier molecular flexibility index (Phi) is 3.59. The van der Waals surface area contributed by atoms with Crippen LogP contribution in [-0.4, -0.2) is 26.0 Å². The molecule has 0 bridgehead atoms. The van der Waals surface area contributed by atoms with Gasteiger partial charge in [0.25, 0.3) is 0 Å². The third kappa shape index (κ3) is 2.61. The molecule has 16 heavy (non-hydrogen) atoms. The predicted octanol–water partition coefficient (Wildman–Crippen LogP) is 1.64. The summed E-state index contributed by atoms with van der Waals surface area (Å²) in [5.74, 6) is 1.97. The second kappa shape index (κ2) is 4.95. The summed E-state index contributed by atoms with van der Waals surface area (Å²) in [5.41, 5.74) is 0. The SMILES string of the molecule is CC(C)Cn1ncnc1CC(O)C1CCC1. The molecule has 4 nitrogen and oxygen atoms in total. The molecule has 2 rings (SSSR count). The third-order valence-corrected chi connectivity index (χ3v) is 3.32. The summed E-state index contributed by atoms with van der Waals surface area (Å²) in [6.07, 6.45) is 5.60. The van der Waals surface area contributed by atoms with E-state index < -0.39 is 0 Å². The lowest BCUT2D eigenvalue weighted by atomic mass is 9.80. The van der Waals surface area contributed by atoms with E-state index in [1.54, 1.807) is 6.33 Å². The van der Waals surface area contributed by atoms with Gasteiger partial charge in [0.2, 0.25) is 0 Å². The van der Waals surface area contributed by atoms with Crippen molar-refractivity contribution in [2.24, 2.45) is 11.8 Å². The molecule has 0 radical (unpaired) electrons. The number of hydrogen-bond donors (Lipinski definition) is 1. The van der Waals surface area contributed by atoms with E-state index in [4.69, 9.17) is 0 Å². The van der Waals surface area contributed by atoms with Gasteiger partial charge in [0.1, 0.15) is 12.2 Å². The highest BCUT2D eigenvalue weighted by Gasteiger charge is 2.26. The van der Waals surface area contributed by atoms with Gasteiger partial charge in [0.05, 0.1) is 6.10 Å². The topological polar surface area (TPSA) is 50.9 Å². The van der Waals surface area contributed by atoms with E-state index in [0.717, 1.165) is 12.4 Å². The van der Waals surface area contributed by atoms with Crippen LogP contribution in [0.4, 0.5) is 0 Å². The Hall–Kier alpha value is -0.900. The van der Waals surface area contributed by atoms with Crippen LogP contribution in [0, 0.1) is 11.8 Å². The number of rotatable bonds is 5. The normalized spacial score (nSPS) is 18.8. The van der Waals surface area contributed by atoms with Gasteiger partial charge in [-0.05, 0) is 24.7 Å². The number of aliphatic hydroxyl groups excluding tert-OH is 1. The molecule has 1 N–H and O–H groups in total. The molecular weight excluding hydrogens is 202 g/mol. The Labute approximate surface area is 96.7 Å². The van der Waals surface area contributed by atoms with Gasteiger partial charge >= 0.3 is 0 Å². The van der Waals surface area contributed by atoms with Crippen LogP contribution in [-0.2, 0) is 13.0 Å². The molecule has 1 atom stereocenters. The summed E-state index contributed by atoms with van der Waals surface area (Å²) < 4.78 is 1.92. The van der Waals surface area contributed by atoms with Crippen molar-refractivity contribution in [2.75, 3.05) is 0 Å². The largest absolute Gasteiger partial charge is 0.392 e. The first-order valence-corrected chi connectivity index (χ1v) is 6.21. The smallest absolute Gasteiger partial charge is 0.138 e. The minimum absolute atomic E-state index is 0.233. The second-order valence-corrected chi connectivity index (χ2v) is 5.21. The standard InChI is InChI=1S/C12H21N3O/c1-9(2)7-15-12(13-8-14-15)6-11(16)10-4-3-5-10/h8-11,16H,3-7H2,1-2H3. The predicted molar refractivity (Wildman–Crippen MR) is 61.9 cm³/mol. The van der Waals surface area contributed by atoms with Crippen molar-refractivity contribution in [2.45, 2.75) is 52.2 Å². The maximum absolute atomic E-state index is 10.0. The first-order valence-electron chi connectivity index (χ1n) is 6.21. The van der Waals surface area contributed by atoms with Crippen LogP contribution in [0.5, 0.6) is 0 Å². The van der Waals surface area contributed by atoms with Crippen LogP contribution in [0.25, 0.3) is 0 Å². The maximum Gasteiger partial charge on any atom is 0.138 e. The molecule has 1 aromatic rings. The van der Waals surface area contributed by atoms with Crippen LogP contribution >= 0.6 is 0 Å². The van der Waals surface area contributed by atoms with Crippen molar-refractivity contribution < 1.29 is 5.11 Å². The molecule has 1 aliphatic rings. The fourth-order valence-electron chi connectivity index (χ4n) is 2.12. The van der Waals surface area contributed by atoms with E-state index in [-0.39, 0.29) is 6.10 Å². The molecule has 0 aromatic carbocycles. The number of aromatic nitrogens is 3. The maximum atomic E-state index is 10.0. The van der Waals surface area contributed by atoms with Crippen LogP contribution in [0.2, 0.25) is 0 Å². The Morgan fingerprint density at radius 2 is 2.25 bits per heavy atom. The third-order valence-electron chi connectivity index (χ3n) is 3.32. The lowest BCUT2D eigenvalue weighted by Crippen LogP contribution is -2.29. The Balaban J connectivity index is 1.94. The highest BCUT2D eigenvalue weighted by atomic mass is 16.3. The molecule has 1 saturated carbocycles. The van der Waals surface area contributed by atoms with Crippen molar-refractivity contribution >= 4 is 0 Å². The van der Waals surface area contributed by atoms with E-state index >= 15 is 0 Å². The van der Waals surface area contributed by atoms with Crippen LogP contribution in [0.3, 0.4) is 0 Å². The van der Waals surface area contributed by atoms with Gasteiger partial charge in [-0.15, -0.1) is 0 Å². The highest BCUT2D eigenvalue weighted by Crippen LogP contribution is 2.30. The van der Waals surface area contributed by atoms with E-state index in [1.807, 2.05) is 4.68 Å². The Morgan fingerprint density at radius 1 is 1.50 bits per heavy atom. The average Bonchev–Trinajstić information content (AvgIpc) is 2.48. The van der Waals surface area contributed by atoms with Gasteiger partial charge in [-0.3, -0.25) is 0 Å². The molecule has 4 heteroatoms. The molecule has 1 heterocycles. The first-order chi connectivity index (χ1) is 7.66. The van der Waals surface area contributed by atoms with E-state index in [2.05, 4.69) is 23.9 Å². The quantitative estimate of drug-likeness (QED) is 0.825. The molecule has 1 aromatic heterocycles. The van der Waals surface area contributed by atoms with E-state index in [9.17, 15) is 5.11 Å². The van der Waals surface area contributed by atoms with Crippen LogP contribution < -0.4 is 0 Å². The molecule has 1 aliphatic carbocycles. The summed E-state index contributed by atoms with van der Waals surface area (Å²) in [4.78, 5) is 4.24. The molecule has 1 fully saturated rings. The zero-order valence-electron chi connectivity index (χ0n) is 10.1. The molecule has 90 valence electrons. The van der Waals surface area contributed by atoms with Gasteiger partial charge in [0, 0.05) is 13.0 Å². The van der Waals surface area contributed by atoms with Crippen LogP contribution in [0.15, 0.2) is 6.33 Å². The van der Waals surface area contributed by atoms with E-state index in [1.165, 1.54) is 19.3 Å². The lowest BCUT2D eigenvalue weighted by molar-refractivity contribution is 0.0603. The highest BCUT2D eigenvalue weighted by molar-refractivity contribution is 4.91. The molecular formula is C12H21N3O.